The second-order valence-corrected chi connectivity index (χ2v) is 5.46. The lowest BCUT2D eigenvalue weighted by molar-refractivity contribution is -0.131. The smallest absolute Gasteiger partial charge is 0.308 e. The molecular formula is C19H14ClNO2. The first-order valence-electron chi connectivity index (χ1n) is 7.13. The quantitative estimate of drug-likeness (QED) is 0.379. The maximum atomic E-state index is 11.3. The summed E-state index contributed by atoms with van der Waals surface area (Å²) < 4.78 is 5.31. The molecule has 0 aromatic heterocycles. The molecule has 4 heteroatoms. The highest BCUT2D eigenvalue weighted by Gasteiger charge is 2.09. The summed E-state index contributed by atoms with van der Waals surface area (Å²) in [5.41, 5.74) is 1.55. The predicted molar refractivity (Wildman–Crippen MR) is 94.0 cm³/mol. The zero-order valence-electron chi connectivity index (χ0n) is 12.5. The van der Waals surface area contributed by atoms with Gasteiger partial charge in [0.1, 0.15) is 5.75 Å². The minimum absolute atomic E-state index is 0.360. The van der Waals surface area contributed by atoms with Crippen LogP contribution >= 0.6 is 11.6 Å². The van der Waals surface area contributed by atoms with Crippen molar-refractivity contribution in [2.75, 3.05) is 0 Å². The highest BCUT2D eigenvalue weighted by atomic mass is 35.5. The molecule has 0 amide bonds. The number of nitrogens with zero attached hydrogens (tertiary/aromatic N) is 1. The molecule has 0 heterocycles. The second-order valence-electron chi connectivity index (χ2n) is 5.03. The first-order valence-corrected chi connectivity index (χ1v) is 7.51. The maximum Gasteiger partial charge on any atom is 0.308 e. The fraction of sp³-hybridized carbons (Fsp3) is 0.0526. The van der Waals surface area contributed by atoms with Gasteiger partial charge in [-0.25, -0.2) is 0 Å². The Labute approximate surface area is 139 Å². The van der Waals surface area contributed by atoms with Crippen molar-refractivity contribution in [1.29, 1.82) is 0 Å². The molecule has 0 bridgehead atoms. The van der Waals surface area contributed by atoms with Gasteiger partial charge in [0, 0.05) is 23.7 Å². The molecule has 0 aliphatic rings. The van der Waals surface area contributed by atoms with Crippen LogP contribution in [0.25, 0.3) is 10.8 Å². The SMILES string of the molecule is CC(=O)Oc1ccc2ccccc2c1C=Nc1ccc(Cl)cc1. The number of hydrogen-bond acceptors (Lipinski definition) is 3. The number of ether oxygens (including phenoxy) is 1. The van der Waals surface area contributed by atoms with Gasteiger partial charge in [-0.1, -0.05) is 41.9 Å². The van der Waals surface area contributed by atoms with Gasteiger partial charge in [0.2, 0.25) is 0 Å². The summed E-state index contributed by atoms with van der Waals surface area (Å²) in [6.07, 6.45) is 1.71. The molecule has 0 aliphatic carbocycles. The van der Waals surface area contributed by atoms with Gasteiger partial charge in [-0.05, 0) is 41.1 Å². The van der Waals surface area contributed by atoms with Gasteiger partial charge in [0.05, 0.1) is 5.69 Å². The van der Waals surface area contributed by atoms with Gasteiger partial charge < -0.3 is 4.74 Å². The maximum absolute atomic E-state index is 11.3. The van der Waals surface area contributed by atoms with E-state index in [1.54, 1.807) is 24.4 Å². The summed E-state index contributed by atoms with van der Waals surface area (Å²) in [4.78, 5) is 15.8. The normalized spacial score (nSPS) is 11.0. The van der Waals surface area contributed by atoms with Crippen LogP contribution in [-0.4, -0.2) is 12.2 Å². The Hall–Kier alpha value is -2.65. The van der Waals surface area contributed by atoms with E-state index in [4.69, 9.17) is 16.3 Å². The molecule has 114 valence electrons. The van der Waals surface area contributed by atoms with Crippen LogP contribution in [-0.2, 0) is 4.79 Å². The first kappa shape index (κ1) is 15.3. The van der Waals surface area contributed by atoms with Crippen LogP contribution in [0.1, 0.15) is 12.5 Å². The molecule has 3 rings (SSSR count). The van der Waals surface area contributed by atoms with Crippen LogP contribution in [0.5, 0.6) is 5.75 Å². The number of aliphatic imine (C=N–C) groups is 1. The zero-order chi connectivity index (χ0) is 16.2. The van der Waals surface area contributed by atoms with Gasteiger partial charge in [-0.15, -0.1) is 0 Å². The van der Waals surface area contributed by atoms with E-state index >= 15 is 0 Å². The monoisotopic (exact) mass is 323 g/mol. The molecule has 3 aromatic carbocycles. The Balaban J connectivity index is 2.09. The minimum atomic E-state index is -0.360. The summed E-state index contributed by atoms with van der Waals surface area (Å²) in [6, 6.07) is 18.8. The first-order chi connectivity index (χ1) is 11.1. The largest absolute Gasteiger partial charge is 0.426 e. The minimum Gasteiger partial charge on any atom is -0.426 e. The van der Waals surface area contributed by atoms with Crippen LogP contribution in [0, 0.1) is 0 Å². The molecule has 23 heavy (non-hydrogen) atoms. The summed E-state index contributed by atoms with van der Waals surface area (Å²) in [6.45, 7) is 1.38. The van der Waals surface area contributed by atoms with E-state index in [0.717, 1.165) is 22.0 Å². The number of esters is 1. The van der Waals surface area contributed by atoms with Crippen molar-refractivity contribution in [2.45, 2.75) is 6.92 Å². The Bertz CT molecular complexity index is 886. The summed E-state index contributed by atoms with van der Waals surface area (Å²) in [5.74, 6) is 0.135. The number of fused-ring (bicyclic) bond motifs is 1. The van der Waals surface area contributed by atoms with Crippen LogP contribution in [0.4, 0.5) is 5.69 Å². The molecular weight excluding hydrogens is 310 g/mol. The van der Waals surface area contributed by atoms with Crippen molar-refractivity contribution < 1.29 is 9.53 Å². The highest BCUT2D eigenvalue weighted by Crippen LogP contribution is 2.27. The van der Waals surface area contributed by atoms with E-state index in [1.165, 1.54) is 6.92 Å². The van der Waals surface area contributed by atoms with Gasteiger partial charge in [-0.2, -0.15) is 0 Å². The van der Waals surface area contributed by atoms with E-state index in [9.17, 15) is 4.79 Å². The van der Waals surface area contributed by atoms with E-state index in [2.05, 4.69) is 4.99 Å². The molecule has 0 aliphatic heterocycles. The number of carbonyl (C=O) groups excluding carboxylic acids is 1. The Kier molecular flexibility index (Phi) is 4.40. The highest BCUT2D eigenvalue weighted by molar-refractivity contribution is 6.30. The Morgan fingerprint density at radius 1 is 1.04 bits per heavy atom. The lowest BCUT2D eigenvalue weighted by atomic mass is 10.0. The van der Waals surface area contributed by atoms with Crippen molar-refractivity contribution in [2.24, 2.45) is 4.99 Å². The third kappa shape index (κ3) is 3.58. The van der Waals surface area contributed by atoms with Crippen LogP contribution in [0.2, 0.25) is 5.02 Å². The van der Waals surface area contributed by atoms with E-state index in [1.807, 2.05) is 42.5 Å². The van der Waals surface area contributed by atoms with Crippen molar-refractivity contribution in [3.8, 4) is 5.75 Å². The molecule has 0 spiro atoms. The van der Waals surface area contributed by atoms with Gasteiger partial charge >= 0.3 is 5.97 Å². The molecule has 0 unspecified atom stereocenters. The fourth-order valence-corrected chi connectivity index (χ4v) is 2.44. The van der Waals surface area contributed by atoms with Gasteiger partial charge in [-0.3, -0.25) is 9.79 Å². The van der Waals surface area contributed by atoms with E-state index in [0.29, 0.717) is 10.8 Å². The number of carbonyl (C=O) groups is 1. The average molecular weight is 324 g/mol. The zero-order valence-corrected chi connectivity index (χ0v) is 13.2. The molecule has 0 atom stereocenters. The number of rotatable bonds is 3. The number of halogens is 1. The molecule has 0 radical (unpaired) electrons. The molecule has 3 aromatic rings. The Morgan fingerprint density at radius 3 is 2.52 bits per heavy atom. The predicted octanol–water partition coefficient (Wildman–Crippen LogP) is 5.17. The van der Waals surface area contributed by atoms with Crippen LogP contribution in [0.3, 0.4) is 0 Å². The van der Waals surface area contributed by atoms with Crippen molar-refractivity contribution in [1.82, 2.24) is 0 Å². The average Bonchev–Trinajstić information content (AvgIpc) is 2.55. The fourth-order valence-electron chi connectivity index (χ4n) is 2.32. The van der Waals surface area contributed by atoms with Crippen LogP contribution < -0.4 is 4.74 Å². The lowest BCUT2D eigenvalue weighted by Crippen LogP contribution is -2.04. The molecule has 0 fully saturated rings. The third-order valence-electron chi connectivity index (χ3n) is 3.35. The van der Waals surface area contributed by atoms with E-state index in [-0.39, 0.29) is 5.97 Å². The van der Waals surface area contributed by atoms with Crippen molar-refractivity contribution in [3.05, 3.63) is 71.2 Å². The summed E-state index contributed by atoms with van der Waals surface area (Å²) in [5, 5.41) is 2.69. The molecule has 3 nitrogen and oxygen atoms in total. The van der Waals surface area contributed by atoms with Gasteiger partial charge in [0.25, 0.3) is 0 Å². The van der Waals surface area contributed by atoms with Crippen LogP contribution in [0.15, 0.2) is 65.7 Å². The topological polar surface area (TPSA) is 38.7 Å². The summed E-state index contributed by atoms with van der Waals surface area (Å²) in [7, 11) is 0. The number of hydrogen-bond donors (Lipinski definition) is 0. The summed E-state index contributed by atoms with van der Waals surface area (Å²) >= 11 is 5.88. The molecule has 0 saturated carbocycles. The number of benzene rings is 3. The standard InChI is InChI=1S/C19H14ClNO2/c1-13(22)23-19-11-6-14-4-2-3-5-17(14)18(19)12-21-16-9-7-15(20)8-10-16/h2-12H,1H3. The second kappa shape index (κ2) is 6.63. The Morgan fingerprint density at radius 2 is 1.78 bits per heavy atom. The van der Waals surface area contributed by atoms with Crippen molar-refractivity contribution >= 4 is 40.2 Å². The lowest BCUT2D eigenvalue weighted by Gasteiger charge is -2.09. The van der Waals surface area contributed by atoms with Gasteiger partial charge in [0.15, 0.2) is 0 Å². The van der Waals surface area contributed by atoms with E-state index < -0.39 is 0 Å². The molecule has 0 N–H and O–H groups in total. The molecule has 0 saturated heterocycles. The van der Waals surface area contributed by atoms with Crippen molar-refractivity contribution in [3.63, 3.8) is 0 Å². The third-order valence-corrected chi connectivity index (χ3v) is 3.61.